The molecule has 1 rings (SSSR count). The first-order valence-electron chi connectivity index (χ1n) is 11.5. The fourth-order valence-corrected chi connectivity index (χ4v) is 1.44. The van der Waals surface area contributed by atoms with Gasteiger partial charge in [-0.05, 0) is 19.8 Å². The van der Waals surface area contributed by atoms with Crippen molar-refractivity contribution in [3.05, 3.63) is 49.8 Å². The van der Waals surface area contributed by atoms with E-state index in [2.05, 4.69) is 24.5 Å². The molecule has 1 heterocycles. The quantitative estimate of drug-likeness (QED) is 0.0929. The molecule has 0 saturated carbocycles. The van der Waals surface area contributed by atoms with E-state index in [0.29, 0.717) is 32.0 Å². The lowest BCUT2D eigenvalue weighted by Gasteiger charge is -2.00. The van der Waals surface area contributed by atoms with E-state index in [-0.39, 0.29) is 18.0 Å². The number of aliphatic carboxylic acids is 1. The van der Waals surface area contributed by atoms with Crippen LogP contribution in [0.5, 0.6) is 0 Å². The number of hydrogen-bond donors (Lipinski definition) is 1. The number of ether oxygens (including phenoxy) is 5. The maximum absolute atomic E-state index is 11.0. The van der Waals surface area contributed by atoms with Crippen LogP contribution in [0.1, 0.15) is 53.4 Å². The Labute approximate surface area is 218 Å². The van der Waals surface area contributed by atoms with E-state index in [9.17, 15) is 24.0 Å². The van der Waals surface area contributed by atoms with Crippen molar-refractivity contribution in [3.8, 4) is 0 Å². The molecule has 37 heavy (non-hydrogen) atoms. The molecule has 11 heteroatoms. The number of hydrogen-bond acceptors (Lipinski definition) is 10. The van der Waals surface area contributed by atoms with Crippen molar-refractivity contribution in [2.45, 2.75) is 59.5 Å². The van der Waals surface area contributed by atoms with E-state index < -0.39 is 17.9 Å². The van der Waals surface area contributed by atoms with Crippen LogP contribution in [-0.2, 0) is 47.7 Å². The number of carboxylic acid groups (broad SMARTS) is 1. The summed E-state index contributed by atoms with van der Waals surface area (Å²) in [6, 6.07) is 0. The van der Waals surface area contributed by atoms with Crippen LogP contribution in [-0.4, -0.2) is 67.5 Å². The highest BCUT2D eigenvalue weighted by Crippen LogP contribution is 2.09. The van der Waals surface area contributed by atoms with E-state index >= 15 is 0 Å². The third-order valence-corrected chi connectivity index (χ3v) is 3.41. The molecule has 1 atom stereocenters. The highest BCUT2D eigenvalue weighted by molar-refractivity contribution is 5.91. The van der Waals surface area contributed by atoms with Crippen molar-refractivity contribution in [3.63, 3.8) is 0 Å². The van der Waals surface area contributed by atoms with Gasteiger partial charge in [-0.15, -0.1) is 0 Å². The van der Waals surface area contributed by atoms with E-state index in [1.807, 2.05) is 13.8 Å². The maximum Gasteiger partial charge on any atom is 0.333 e. The van der Waals surface area contributed by atoms with Crippen molar-refractivity contribution in [2.24, 2.45) is 0 Å². The van der Waals surface area contributed by atoms with Crippen molar-refractivity contribution in [2.75, 3.05) is 26.4 Å². The zero-order valence-corrected chi connectivity index (χ0v) is 22.2. The van der Waals surface area contributed by atoms with Crippen molar-refractivity contribution < 1.29 is 52.8 Å². The monoisotopic (exact) mass is 528 g/mol. The molecule has 0 bridgehead atoms. The predicted molar refractivity (Wildman–Crippen MR) is 136 cm³/mol. The van der Waals surface area contributed by atoms with Gasteiger partial charge in [0.1, 0.15) is 12.7 Å². The van der Waals surface area contributed by atoms with Gasteiger partial charge >= 0.3 is 29.8 Å². The zero-order chi connectivity index (χ0) is 29.1. The summed E-state index contributed by atoms with van der Waals surface area (Å²) in [4.78, 5) is 51.8. The third-order valence-electron chi connectivity index (χ3n) is 3.41. The second kappa shape index (κ2) is 26.9. The topological polar surface area (TPSA) is 155 Å². The Bertz CT molecular complexity index is 726. The first kappa shape index (κ1) is 37.8. The molecule has 0 aromatic carbocycles. The fourth-order valence-electron chi connectivity index (χ4n) is 1.44. The summed E-state index contributed by atoms with van der Waals surface area (Å²) < 4.78 is 23.4. The van der Waals surface area contributed by atoms with Crippen LogP contribution >= 0.6 is 0 Å². The highest BCUT2D eigenvalue weighted by Gasteiger charge is 2.24. The minimum absolute atomic E-state index is 0.142. The fraction of sp³-hybridized carbons (Fsp3) is 0.500. The van der Waals surface area contributed by atoms with Crippen LogP contribution in [0.4, 0.5) is 0 Å². The first-order chi connectivity index (χ1) is 17.4. The number of carbonyl (C=O) groups excluding carboxylic acids is 4. The molecule has 0 radical (unpaired) electrons. The lowest BCUT2D eigenvalue weighted by Crippen LogP contribution is -2.09. The number of rotatable bonds is 13. The number of carbonyl (C=O) groups is 5. The molecule has 1 aliphatic rings. The molecule has 0 aromatic rings. The second-order valence-electron chi connectivity index (χ2n) is 7.03. The van der Waals surface area contributed by atoms with Gasteiger partial charge in [-0.1, -0.05) is 46.4 Å². The van der Waals surface area contributed by atoms with Crippen LogP contribution < -0.4 is 0 Å². The van der Waals surface area contributed by atoms with Crippen molar-refractivity contribution >= 4 is 29.8 Å². The first-order valence-corrected chi connectivity index (χ1v) is 11.5. The van der Waals surface area contributed by atoms with E-state index in [1.165, 1.54) is 6.92 Å². The molecule has 1 fully saturated rings. The molecule has 0 aliphatic carbocycles. The Hall–Kier alpha value is -3.73. The summed E-state index contributed by atoms with van der Waals surface area (Å²) in [5.74, 6) is -2.65. The summed E-state index contributed by atoms with van der Waals surface area (Å²) in [5, 5.41) is 7.60. The van der Waals surface area contributed by atoms with Gasteiger partial charge in [0, 0.05) is 30.7 Å². The van der Waals surface area contributed by atoms with Gasteiger partial charge in [-0.3, -0.25) is 4.79 Å². The number of carboxylic acids is 1. The summed E-state index contributed by atoms with van der Waals surface area (Å²) >= 11 is 0. The Morgan fingerprint density at radius 3 is 1.59 bits per heavy atom. The van der Waals surface area contributed by atoms with Crippen LogP contribution in [0, 0.1) is 0 Å². The normalized spacial score (nSPS) is 12.4. The molecule has 1 unspecified atom stereocenters. The Morgan fingerprint density at radius 1 is 0.919 bits per heavy atom. The average molecular weight is 529 g/mol. The predicted octanol–water partition coefficient (Wildman–Crippen LogP) is 3.68. The van der Waals surface area contributed by atoms with Crippen molar-refractivity contribution in [1.82, 2.24) is 0 Å². The molecule has 1 saturated heterocycles. The lowest BCUT2D eigenvalue weighted by molar-refractivity contribution is -0.140. The standard InChI is InChI=1S/C12H20O4.C7H10O3.C4H6O2.C3H4O2/c1-3-5-9-15-11(13)7-8-12(14)16-10-6-4-2;1-5(2)7(8)10-4-6-3-9-6;1-3-6-4(2)5;1-2-3(4)5/h7-8H,3-6,9-10H2,1-2H3;6H,1,3-4H2,2H3;3H,1H2,2H3;2H,1H2,(H,4,5)/b8-7-;;;. The second-order valence-corrected chi connectivity index (χ2v) is 7.03. The largest absolute Gasteiger partial charge is 0.478 e. The Kier molecular flexibility index (Phi) is 27.5. The third kappa shape index (κ3) is 37.0. The lowest BCUT2D eigenvalue weighted by atomic mass is 10.4. The minimum Gasteiger partial charge on any atom is -0.478 e. The zero-order valence-electron chi connectivity index (χ0n) is 22.2. The van der Waals surface area contributed by atoms with Gasteiger partial charge in [0.2, 0.25) is 0 Å². The molecular weight excluding hydrogens is 488 g/mol. The van der Waals surface area contributed by atoms with Gasteiger partial charge < -0.3 is 28.8 Å². The Balaban J connectivity index is -0.000000466. The van der Waals surface area contributed by atoms with Gasteiger partial charge in [-0.2, -0.15) is 0 Å². The van der Waals surface area contributed by atoms with Crippen molar-refractivity contribution in [1.29, 1.82) is 0 Å². The molecule has 0 amide bonds. The summed E-state index contributed by atoms with van der Waals surface area (Å²) in [5.41, 5.74) is 0.431. The SMILES string of the molecule is C=C(C)C(=O)OCC1CO1.C=CC(=O)O.C=COC(C)=O.CCCCOC(=O)/C=C\C(=O)OCCCC. The maximum atomic E-state index is 11.0. The summed E-state index contributed by atoms with van der Waals surface area (Å²) in [7, 11) is 0. The van der Waals surface area contributed by atoms with Gasteiger partial charge in [0.05, 0.1) is 26.1 Å². The number of epoxide rings is 1. The molecule has 1 N–H and O–H groups in total. The van der Waals surface area contributed by atoms with E-state index in [1.54, 1.807) is 6.92 Å². The summed E-state index contributed by atoms with van der Waals surface area (Å²) in [6.07, 6.45) is 7.88. The molecular formula is C26H40O11. The minimum atomic E-state index is -0.981. The van der Waals surface area contributed by atoms with Crippen LogP contribution in [0.3, 0.4) is 0 Å². The van der Waals surface area contributed by atoms with Gasteiger partial charge in [0.15, 0.2) is 0 Å². The molecule has 1 aliphatic heterocycles. The van der Waals surface area contributed by atoms with Gasteiger partial charge in [0.25, 0.3) is 0 Å². The molecule has 210 valence electrons. The number of esters is 4. The van der Waals surface area contributed by atoms with E-state index in [4.69, 9.17) is 24.1 Å². The average Bonchev–Trinajstić information content (AvgIpc) is 3.67. The number of unbranched alkanes of at least 4 members (excludes halogenated alkanes) is 2. The highest BCUT2D eigenvalue weighted by atomic mass is 16.6. The van der Waals surface area contributed by atoms with Crippen LogP contribution in [0.15, 0.2) is 49.8 Å². The van der Waals surface area contributed by atoms with Crippen LogP contribution in [0.2, 0.25) is 0 Å². The smallest absolute Gasteiger partial charge is 0.333 e. The molecule has 11 nitrogen and oxygen atoms in total. The Morgan fingerprint density at radius 2 is 1.35 bits per heavy atom. The van der Waals surface area contributed by atoms with Crippen LogP contribution in [0.25, 0.3) is 0 Å². The molecule has 0 spiro atoms. The summed E-state index contributed by atoms with van der Waals surface area (Å²) in [6.45, 7) is 18.4. The van der Waals surface area contributed by atoms with Gasteiger partial charge in [-0.25, -0.2) is 19.2 Å². The van der Waals surface area contributed by atoms with E-state index in [0.717, 1.165) is 50.2 Å². The molecule has 0 aromatic heterocycles.